The van der Waals surface area contributed by atoms with Gasteiger partial charge >= 0.3 is 0 Å². The number of hydrogen-bond acceptors (Lipinski definition) is 2. The molecule has 78 valence electrons. The predicted molar refractivity (Wildman–Crippen MR) is 61.5 cm³/mol. The quantitative estimate of drug-likeness (QED) is 0.879. The Morgan fingerprint density at radius 1 is 1.27 bits per heavy atom. The first-order chi connectivity index (χ1) is 7.20. The zero-order chi connectivity index (χ0) is 10.8. The average molecular weight is 242 g/mol. The Hall–Kier alpha value is -1.03. The fourth-order valence-corrected chi connectivity index (χ4v) is 1.77. The van der Waals surface area contributed by atoms with Gasteiger partial charge in [0.2, 0.25) is 0 Å². The molecule has 0 bridgehead atoms. The van der Waals surface area contributed by atoms with Crippen LogP contribution in [-0.4, -0.2) is 9.78 Å². The van der Waals surface area contributed by atoms with E-state index >= 15 is 0 Å². The van der Waals surface area contributed by atoms with Crippen molar-refractivity contribution in [2.45, 2.75) is 6.54 Å². The molecule has 0 spiro atoms. The Bertz CT molecular complexity index is 479. The van der Waals surface area contributed by atoms with Gasteiger partial charge in [-0.1, -0.05) is 23.2 Å². The molecule has 0 aliphatic carbocycles. The maximum absolute atomic E-state index is 6.04. The van der Waals surface area contributed by atoms with Gasteiger partial charge in [-0.15, -0.1) is 0 Å². The summed E-state index contributed by atoms with van der Waals surface area (Å²) in [6.45, 7) is 0.415. The lowest BCUT2D eigenvalue weighted by molar-refractivity contribution is 0.834. The molecule has 0 saturated heterocycles. The van der Waals surface area contributed by atoms with E-state index in [1.807, 2.05) is 18.3 Å². The van der Waals surface area contributed by atoms with Crippen molar-refractivity contribution in [2.75, 3.05) is 0 Å². The molecule has 0 saturated carbocycles. The van der Waals surface area contributed by atoms with Gasteiger partial charge in [0.15, 0.2) is 0 Å². The summed E-state index contributed by atoms with van der Waals surface area (Å²) in [5, 5.41) is 5.42. The first-order valence-electron chi connectivity index (χ1n) is 4.41. The van der Waals surface area contributed by atoms with E-state index in [1.165, 1.54) is 0 Å². The highest BCUT2D eigenvalue weighted by Gasteiger charge is 2.04. The standard InChI is InChI=1S/C10H9Cl2N3/c11-7-1-2-10(9(12)5-7)15-4-3-8(6-13)14-15/h1-5H,6,13H2. The van der Waals surface area contributed by atoms with Gasteiger partial charge in [0.1, 0.15) is 0 Å². The SMILES string of the molecule is NCc1ccn(-c2ccc(Cl)cc2Cl)n1. The maximum atomic E-state index is 6.04. The van der Waals surface area contributed by atoms with Crippen LogP contribution in [0.2, 0.25) is 10.0 Å². The molecule has 2 rings (SSSR count). The third-order valence-corrected chi connectivity index (χ3v) is 2.55. The van der Waals surface area contributed by atoms with Crippen molar-refractivity contribution < 1.29 is 0 Å². The summed E-state index contributed by atoms with van der Waals surface area (Å²) in [4.78, 5) is 0. The Labute approximate surface area is 97.4 Å². The molecule has 0 atom stereocenters. The summed E-state index contributed by atoms with van der Waals surface area (Å²) in [6, 6.07) is 7.12. The van der Waals surface area contributed by atoms with Crippen molar-refractivity contribution in [3.8, 4) is 5.69 Å². The van der Waals surface area contributed by atoms with Gasteiger partial charge in [-0.3, -0.25) is 0 Å². The van der Waals surface area contributed by atoms with E-state index in [4.69, 9.17) is 28.9 Å². The van der Waals surface area contributed by atoms with Crippen molar-refractivity contribution >= 4 is 23.2 Å². The molecule has 1 aromatic heterocycles. The molecule has 5 heteroatoms. The van der Waals surface area contributed by atoms with Gasteiger partial charge in [-0.05, 0) is 24.3 Å². The summed E-state index contributed by atoms with van der Waals surface area (Å²) in [7, 11) is 0. The number of hydrogen-bond donors (Lipinski definition) is 1. The van der Waals surface area contributed by atoms with E-state index in [-0.39, 0.29) is 0 Å². The van der Waals surface area contributed by atoms with E-state index in [9.17, 15) is 0 Å². The van der Waals surface area contributed by atoms with Crippen molar-refractivity contribution in [1.29, 1.82) is 0 Å². The van der Waals surface area contributed by atoms with E-state index in [1.54, 1.807) is 16.8 Å². The second kappa shape index (κ2) is 4.23. The van der Waals surface area contributed by atoms with Crippen LogP contribution in [0.5, 0.6) is 0 Å². The van der Waals surface area contributed by atoms with E-state index < -0.39 is 0 Å². The predicted octanol–water partition coefficient (Wildman–Crippen LogP) is 2.64. The minimum atomic E-state index is 0.415. The highest BCUT2D eigenvalue weighted by atomic mass is 35.5. The van der Waals surface area contributed by atoms with Crippen LogP contribution in [0.1, 0.15) is 5.69 Å². The monoisotopic (exact) mass is 241 g/mol. The van der Waals surface area contributed by atoms with Crippen molar-refractivity contribution in [3.05, 3.63) is 46.2 Å². The van der Waals surface area contributed by atoms with Gasteiger partial charge in [0, 0.05) is 17.8 Å². The molecule has 15 heavy (non-hydrogen) atoms. The topological polar surface area (TPSA) is 43.8 Å². The van der Waals surface area contributed by atoms with Gasteiger partial charge in [0.25, 0.3) is 0 Å². The molecule has 2 aromatic rings. The summed E-state index contributed by atoms with van der Waals surface area (Å²) in [6.07, 6.45) is 1.82. The third-order valence-electron chi connectivity index (χ3n) is 2.01. The zero-order valence-electron chi connectivity index (χ0n) is 7.82. The lowest BCUT2D eigenvalue weighted by atomic mass is 10.3. The Kier molecular flexibility index (Phi) is 2.95. The summed E-state index contributed by atoms with van der Waals surface area (Å²) in [5.74, 6) is 0. The van der Waals surface area contributed by atoms with Gasteiger partial charge < -0.3 is 5.73 Å². The number of nitrogens with two attached hydrogens (primary N) is 1. The molecule has 1 heterocycles. The smallest absolute Gasteiger partial charge is 0.0832 e. The second-order valence-electron chi connectivity index (χ2n) is 3.05. The van der Waals surface area contributed by atoms with E-state index in [0.717, 1.165) is 11.4 Å². The molecular formula is C10H9Cl2N3. The van der Waals surface area contributed by atoms with Crippen LogP contribution in [0.3, 0.4) is 0 Å². The number of rotatable bonds is 2. The molecule has 0 unspecified atom stereocenters. The Morgan fingerprint density at radius 2 is 2.07 bits per heavy atom. The summed E-state index contributed by atoms with van der Waals surface area (Å²) < 4.78 is 1.68. The van der Waals surface area contributed by atoms with Crippen molar-refractivity contribution in [3.63, 3.8) is 0 Å². The summed E-state index contributed by atoms with van der Waals surface area (Å²) >= 11 is 11.8. The molecule has 3 nitrogen and oxygen atoms in total. The Balaban J connectivity index is 2.44. The van der Waals surface area contributed by atoms with Gasteiger partial charge in [-0.2, -0.15) is 5.10 Å². The van der Waals surface area contributed by atoms with Crippen LogP contribution in [0.25, 0.3) is 5.69 Å². The van der Waals surface area contributed by atoms with Crippen LogP contribution in [-0.2, 0) is 6.54 Å². The van der Waals surface area contributed by atoms with Gasteiger partial charge in [-0.25, -0.2) is 4.68 Å². The number of halogens is 2. The van der Waals surface area contributed by atoms with E-state index in [0.29, 0.717) is 16.6 Å². The largest absolute Gasteiger partial charge is 0.325 e. The number of benzene rings is 1. The fraction of sp³-hybridized carbons (Fsp3) is 0.100. The van der Waals surface area contributed by atoms with Gasteiger partial charge in [0.05, 0.1) is 16.4 Å². The molecule has 0 fully saturated rings. The zero-order valence-corrected chi connectivity index (χ0v) is 9.33. The second-order valence-corrected chi connectivity index (χ2v) is 3.90. The normalized spacial score (nSPS) is 10.6. The first kappa shape index (κ1) is 10.5. The lowest BCUT2D eigenvalue weighted by Gasteiger charge is -2.04. The van der Waals surface area contributed by atoms with Crippen LogP contribution >= 0.6 is 23.2 Å². The van der Waals surface area contributed by atoms with Crippen LogP contribution in [0.4, 0.5) is 0 Å². The average Bonchev–Trinajstić information content (AvgIpc) is 2.66. The number of aromatic nitrogens is 2. The van der Waals surface area contributed by atoms with E-state index in [2.05, 4.69) is 5.10 Å². The van der Waals surface area contributed by atoms with Crippen LogP contribution < -0.4 is 5.73 Å². The van der Waals surface area contributed by atoms with Crippen molar-refractivity contribution in [2.24, 2.45) is 5.73 Å². The van der Waals surface area contributed by atoms with Crippen LogP contribution in [0.15, 0.2) is 30.5 Å². The molecule has 0 radical (unpaired) electrons. The molecule has 0 aliphatic heterocycles. The molecule has 0 amide bonds. The fourth-order valence-electron chi connectivity index (χ4n) is 1.27. The lowest BCUT2D eigenvalue weighted by Crippen LogP contribution is -2.00. The third kappa shape index (κ3) is 2.15. The van der Waals surface area contributed by atoms with Crippen molar-refractivity contribution in [1.82, 2.24) is 9.78 Å². The first-order valence-corrected chi connectivity index (χ1v) is 5.16. The minimum Gasteiger partial charge on any atom is -0.325 e. The van der Waals surface area contributed by atoms with Crippen LogP contribution in [0, 0.1) is 0 Å². The maximum Gasteiger partial charge on any atom is 0.0832 e. The molecule has 0 aliphatic rings. The highest BCUT2D eigenvalue weighted by molar-refractivity contribution is 6.35. The minimum absolute atomic E-state index is 0.415. The number of nitrogens with zero attached hydrogens (tertiary/aromatic N) is 2. The molecule has 2 N–H and O–H groups in total. The molecular weight excluding hydrogens is 233 g/mol. The summed E-state index contributed by atoms with van der Waals surface area (Å²) in [5.41, 5.74) is 7.09. The molecule has 1 aromatic carbocycles. The Morgan fingerprint density at radius 3 is 2.67 bits per heavy atom. The highest BCUT2D eigenvalue weighted by Crippen LogP contribution is 2.23.